The van der Waals surface area contributed by atoms with E-state index < -0.39 is 0 Å². The zero-order valence-electron chi connectivity index (χ0n) is 14.4. The van der Waals surface area contributed by atoms with E-state index in [1.165, 1.54) is 5.56 Å². The van der Waals surface area contributed by atoms with E-state index in [9.17, 15) is 4.79 Å². The molecule has 2 heterocycles. The second-order valence-electron chi connectivity index (χ2n) is 6.25. The first-order valence-corrected chi connectivity index (χ1v) is 9.07. The molecule has 0 fully saturated rings. The number of aryl methyl sites for hydroxylation is 1. The Morgan fingerprint density at radius 2 is 1.81 bits per heavy atom. The van der Waals surface area contributed by atoms with E-state index in [1.54, 1.807) is 18.2 Å². The molecule has 6 heteroatoms. The number of benzene rings is 2. The highest BCUT2D eigenvalue weighted by molar-refractivity contribution is 6.37. The Labute approximate surface area is 166 Å². The molecule has 0 atom stereocenters. The number of hydrogen-bond acceptors (Lipinski definition) is 2. The monoisotopic (exact) mass is 395 g/mol. The minimum atomic E-state index is -0.285. The number of fused-ring (bicyclic) bond motifs is 1. The number of nitrogens with one attached hydrogen (secondary N) is 1. The van der Waals surface area contributed by atoms with Gasteiger partial charge in [-0.25, -0.2) is 4.98 Å². The van der Waals surface area contributed by atoms with Crippen molar-refractivity contribution in [3.05, 3.63) is 88.2 Å². The molecule has 27 heavy (non-hydrogen) atoms. The van der Waals surface area contributed by atoms with Gasteiger partial charge in [-0.15, -0.1) is 0 Å². The van der Waals surface area contributed by atoms with Gasteiger partial charge < -0.3 is 9.72 Å². The van der Waals surface area contributed by atoms with Crippen molar-refractivity contribution in [2.24, 2.45) is 0 Å². The van der Waals surface area contributed by atoms with Gasteiger partial charge in [-0.3, -0.25) is 4.79 Å². The molecule has 0 bridgehead atoms. The van der Waals surface area contributed by atoms with Crippen LogP contribution in [-0.2, 0) is 0 Å². The van der Waals surface area contributed by atoms with Crippen LogP contribution in [0.4, 0.5) is 5.69 Å². The van der Waals surface area contributed by atoms with Gasteiger partial charge in [-0.05, 0) is 55.0 Å². The molecule has 4 aromatic rings. The minimum Gasteiger partial charge on any atom is -0.322 e. The fraction of sp³-hybridized carbons (Fsp3) is 0.0476. The van der Waals surface area contributed by atoms with Gasteiger partial charge in [0.1, 0.15) is 5.65 Å². The highest BCUT2D eigenvalue weighted by Crippen LogP contribution is 2.24. The Bertz CT molecular complexity index is 1150. The van der Waals surface area contributed by atoms with Crippen LogP contribution in [0.5, 0.6) is 0 Å². The Hall–Kier alpha value is -2.82. The SMILES string of the molecule is Cc1ccn2cc(-c3ccc(NC(=O)c4ccc(Cl)cc4Cl)cc3)nc2c1. The quantitative estimate of drug-likeness (QED) is 0.471. The number of carbonyl (C=O) groups is 1. The van der Waals surface area contributed by atoms with Gasteiger partial charge in [0.15, 0.2) is 0 Å². The Morgan fingerprint density at radius 1 is 1.04 bits per heavy atom. The number of imidazole rings is 1. The van der Waals surface area contributed by atoms with Crippen LogP contribution >= 0.6 is 23.2 Å². The number of amides is 1. The van der Waals surface area contributed by atoms with Crippen molar-refractivity contribution in [1.29, 1.82) is 0 Å². The van der Waals surface area contributed by atoms with Crippen molar-refractivity contribution in [2.45, 2.75) is 6.92 Å². The van der Waals surface area contributed by atoms with Gasteiger partial charge in [0, 0.05) is 28.7 Å². The topological polar surface area (TPSA) is 46.4 Å². The molecule has 0 aliphatic rings. The lowest BCUT2D eigenvalue weighted by molar-refractivity contribution is 0.102. The molecular formula is C21H15Cl2N3O. The normalized spacial score (nSPS) is 10.9. The summed E-state index contributed by atoms with van der Waals surface area (Å²) >= 11 is 12.0. The number of anilines is 1. The predicted octanol–water partition coefficient (Wildman–Crippen LogP) is 5.87. The second-order valence-corrected chi connectivity index (χ2v) is 7.09. The highest BCUT2D eigenvalue weighted by atomic mass is 35.5. The van der Waals surface area contributed by atoms with Crippen molar-refractivity contribution in [3.63, 3.8) is 0 Å². The maximum atomic E-state index is 12.4. The molecule has 0 unspecified atom stereocenters. The lowest BCUT2D eigenvalue weighted by atomic mass is 10.1. The van der Waals surface area contributed by atoms with Crippen LogP contribution < -0.4 is 5.32 Å². The van der Waals surface area contributed by atoms with Crippen LogP contribution in [0.15, 0.2) is 67.0 Å². The average Bonchev–Trinajstić information content (AvgIpc) is 3.05. The summed E-state index contributed by atoms with van der Waals surface area (Å²) in [7, 11) is 0. The Morgan fingerprint density at radius 3 is 2.56 bits per heavy atom. The fourth-order valence-corrected chi connectivity index (χ4v) is 3.31. The standard InChI is InChI=1S/C21H15Cl2N3O/c1-13-8-9-26-12-19(25-20(26)10-13)14-2-5-16(6-3-14)24-21(27)17-7-4-15(22)11-18(17)23/h2-12H,1H3,(H,24,27). The van der Waals surface area contributed by atoms with E-state index in [2.05, 4.69) is 10.3 Å². The van der Waals surface area contributed by atoms with Crippen LogP contribution in [-0.4, -0.2) is 15.3 Å². The molecule has 0 radical (unpaired) electrons. The lowest BCUT2D eigenvalue weighted by Crippen LogP contribution is -2.12. The van der Waals surface area contributed by atoms with Gasteiger partial charge in [0.05, 0.1) is 16.3 Å². The van der Waals surface area contributed by atoms with E-state index >= 15 is 0 Å². The van der Waals surface area contributed by atoms with E-state index in [0.717, 1.165) is 16.9 Å². The summed E-state index contributed by atoms with van der Waals surface area (Å²) in [4.78, 5) is 17.0. The third kappa shape index (κ3) is 3.68. The number of halogens is 2. The van der Waals surface area contributed by atoms with Crippen molar-refractivity contribution < 1.29 is 4.79 Å². The number of carbonyl (C=O) groups excluding carboxylic acids is 1. The van der Waals surface area contributed by atoms with Gasteiger partial charge >= 0.3 is 0 Å². The molecule has 4 nitrogen and oxygen atoms in total. The summed E-state index contributed by atoms with van der Waals surface area (Å²) in [6, 6.07) is 16.4. The molecule has 2 aromatic heterocycles. The van der Waals surface area contributed by atoms with Crippen molar-refractivity contribution in [3.8, 4) is 11.3 Å². The lowest BCUT2D eigenvalue weighted by Gasteiger charge is -2.07. The molecule has 4 rings (SSSR count). The smallest absolute Gasteiger partial charge is 0.257 e. The van der Waals surface area contributed by atoms with Crippen molar-refractivity contribution in [1.82, 2.24) is 9.38 Å². The fourth-order valence-electron chi connectivity index (χ4n) is 2.82. The molecule has 0 spiro atoms. The molecule has 0 saturated carbocycles. The third-order valence-corrected chi connectivity index (χ3v) is 4.78. The molecule has 2 aromatic carbocycles. The van der Waals surface area contributed by atoms with E-state index in [0.29, 0.717) is 21.3 Å². The van der Waals surface area contributed by atoms with Gasteiger partial charge in [-0.2, -0.15) is 0 Å². The van der Waals surface area contributed by atoms with Gasteiger partial charge in [0.2, 0.25) is 0 Å². The molecular weight excluding hydrogens is 381 g/mol. The third-order valence-electron chi connectivity index (χ3n) is 4.23. The van der Waals surface area contributed by atoms with Crippen LogP contribution in [0.25, 0.3) is 16.9 Å². The maximum absolute atomic E-state index is 12.4. The average molecular weight is 396 g/mol. The summed E-state index contributed by atoms with van der Waals surface area (Å²) < 4.78 is 1.99. The van der Waals surface area contributed by atoms with E-state index in [1.807, 2.05) is 60.1 Å². The second kappa shape index (κ2) is 7.06. The van der Waals surface area contributed by atoms with Crippen LogP contribution in [0, 0.1) is 6.92 Å². The van der Waals surface area contributed by atoms with Gasteiger partial charge in [0.25, 0.3) is 5.91 Å². The zero-order chi connectivity index (χ0) is 19.0. The van der Waals surface area contributed by atoms with Crippen molar-refractivity contribution in [2.75, 3.05) is 5.32 Å². The molecule has 0 saturated heterocycles. The molecule has 1 amide bonds. The summed E-state index contributed by atoms with van der Waals surface area (Å²) in [5, 5.41) is 3.64. The number of pyridine rings is 1. The largest absolute Gasteiger partial charge is 0.322 e. The van der Waals surface area contributed by atoms with Gasteiger partial charge in [-0.1, -0.05) is 35.3 Å². The molecule has 0 aliphatic heterocycles. The summed E-state index contributed by atoms with van der Waals surface area (Å²) in [6.45, 7) is 2.04. The Balaban J connectivity index is 1.55. The molecule has 134 valence electrons. The minimum absolute atomic E-state index is 0.285. The van der Waals surface area contributed by atoms with Crippen LogP contribution in [0.2, 0.25) is 10.0 Å². The zero-order valence-corrected chi connectivity index (χ0v) is 15.9. The highest BCUT2D eigenvalue weighted by Gasteiger charge is 2.11. The number of aromatic nitrogens is 2. The number of nitrogens with zero attached hydrogens (tertiary/aromatic N) is 2. The molecule has 0 aliphatic carbocycles. The first kappa shape index (κ1) is 17.6. The molecule has 1 N–H and O–H groups in total. The maximum Gasteiger partial charge on any atom is 0.257 e. The van der Waals surface area contributed by atoms with E-state index in [4.69, 9.17) is 23.2 Å². The number of rotatable bonds is 3. The first-order chi connectivity index (χ1) is 13.0. The summed E-state index contributed by atoms with van der Waals surface area (Å²) in [5.74, 6) is -0.285. The van der Waals surface area contributed by atoms with Crippen LogP contribution in [0.3, 0.4) is 0 Å². The first-order valence-electron chi connectivity index (χ1n) is 8.32. The van der Waals surface area contributed by atoms with E-state index in [-0.39, 0.29) is 5.91 Å². The summed E-state index contributed by atoms with van der Waals surface area (Å²) in [6.07, 6.45) is 3.97. The number of hydrogen-bond donors (Lipinski definition) is 1. The van der Waals surface area contributed by atoms with Crippen LogP contribution in [0.1, 0.15) is 15.9 Å². The summed E-state index contributed by atoms with van der Waals surface area (Å²) in [5.41, 5.74) is 4.96. The Kier molecular flexibility index (Phi) is 4.60. The van der Waals surface area contributed by atoms with Crippen molar-refractivity contribution >= 4 is 40.4 Å². The predicted molar refractivity (Wildman–Crippen MR) is 110 cm³/mol.